The summed E-state index contributed by atoms with van der Waals surface area (Å²) in [5, 5.41) is 5.19. The minimum Gasteiger partial charge on any atom is -0.339 e. The highest BCUT2D eigenvalue weighted by Crippen LogP contribution is 2.28. The first kappa shape index (κ1) is 22.9. The van der Waals surface area contributed by atoms with Crippen molar-refractivity contribution in [1.29, 1.82) is 0 Å². The molecule has 0 saturated carbocycles. The summed E-state index contributed by atoms with van der Waals surface area (Å²) in [5.74, 6) is -0.199. The SMILES string of the molecule is CC(c1cccc(S(N)(=O)=O)c1)N(C)C(=O)Cc1ccc(S(=O)(=O)N2CCCC2)s1. The summed E-state index contributed by atoms with van der Waals surface area (Å²) < 4.78 is 50.2. The quantitative estimate of drug-likeness (QED) is 0.662. The van der Waals surface area contributed by atoms with Crippen LogP contribution in [0.3, 0.4) is 0 Å². The number of carbonyl (C=O) groups excluding carboxylic acids is 1. The molecule has 0 aliphatic carbocycles. The molecule has 1 aliphatic rings. The number of rotatable bonds is 7. The largest absolute Gasteiger partial charge is 0.339 e. The summed E-state index contributed by atoms with van der Waals surface area (Å²) >= 11 is 1.11. The maximum atomic E-state index is 12.8. The third-order valence-electron chi connectivity index (χ3n) is 5.27. The topological polar surface area (TPSA) is 118 Å². The molecule has 1 aromatic carbocycles. The predicted octanol–water partition coefficient (Wildman–Crippen LogP) is 1.94. The van der Waals surface area contributed by atoms with Crippen molar-refractivity contribution in [3.8, 4) is 0 Å². The van der Waals surface area contributed by atoms with Gasteiger partial charge in [0.15, 0.2) is 0 Å². The summed E-state index contributed by atoms with van der Waals surface area (Å²) in [4.78, 5) is 14.9. The van der Waals surface area contributed by atoms with Crippen LogP contribution in [0.4, 0.5) is 0 Å². The standard InChI is InChI=1S/C19H25N3O5S3/c1-14(15-6-5-7-17(12-15)29(20,24)25)21(2)18(23)13-16-8-9-19(28-16)30(26,27)22-10-3-4-11-22/h5-9,12,14H,3-4,10-11,13H2,1-2H3,(H2,20,24,25). The molecular formula is C19H25N3O5S3. The number of hydrogen-bond donors (Lipinski definition) is 1. The van der Waals surface area contributed by atoms with Crippen LogP contribution in [0.1, 0.15) is 36.2 Å². The molecule has 2 aromatic rings. The van der Waals surface area contributed by atoms with Crippen molar-refractivity contribution in [1.82, 2.24) is 9.21 Å². The number of hydrogen-bond acceptors (Lipinski definition) is 6. The van der Waals surface area contributed by atoms with Crippen LogP contribution in [0.25, 0.3) is 0 Å². The molecule has 11 heteroatoms. The molecular weight excluding hydrogens is 446 g/mol. The molecule has 1 aliphatic heterocycles. The molecule has 2 heterocycles. The monoisotopic (exact) mass is 471 g/mol. The molecule has 164 valence electrons. The van der Waals surface area contributed by atoms with E-state index in [9.17, 15) is 21.6 Å². The highest BCUT2D eigenvalue weighted by atomic mass is 32.2. The molecule has 1 fully saturated rings. The Morgan fingerprint density at radius 2 is 1.83 bits per heavy atom. The fourth-order valence-electron chi connectivity index (χ4n) is 3.31. The van der Waals surface area contributed by atoms with Gasteiger partial charge < -0.3 is 4.90 Å². The van der Waals surface area contributed by atoms with Gasteiger partial charge in [0, 0.05) is 25.0 Å². The average Bonchev–Trinajstić information content (AvgIpc) is 3.39. The summed E-state index contributed by atoms with van der Waals surface area (Å²) in [7, 11) is -5.70. The first-order valence-electron chi connectivity index (χ1n) is 9.47. The Hall–Kier alpha value is -1.79. The van der Waals surface area contributed by atoms with Crippen LogP contribution >= 0.6 is 11.3 Å². The lowest BCUT2D eigenvalue weighted by atomic mass is 10.1. The van der Waals surface area contributed by atoms with Crippen LogP contribution in [0.5, 0.6) is 0 Å². The smallest absolute Gasteiger partial charge is 0.252 e. The number of primary sulfonamides is 1. The zero-order chi connectivity index (χ0) is 22.1. The van der Waals surface area contributed by atoms with Crippen molar-refractivity contribution in [2.45, 2.75) is 41.3 Å². The number of sulfonamides is 2. The van der Waals surface area contributed by atoms with E-state index in [0.717, 1.165) is 24.2 Å². The molecule has 1 atom stereocenters. The average molecular weight is 472 g/mol. The number of benzene rings is 1. The van der Waals surface area contributed by atoms with E-state index in [1.165, 1.54) is 21.3 Å². The lowest BCUT2D eigenvalue weighted by Crippen LogP contribution is -2.31. The van der Waals surface area contributed by atoms with Crippen molar-refractivity contribution in [2.75, 3.05) is 20.1 Å². The second kappa shape index (κ2) is 8.75. The lowest BCUT2D eigenvalue weighted by molar-refractivity contribution is -0.131. The number of likely N-dealkylation sites (N-methyl/N-ethyl adjacent to an activating group) is 1. The summed E-state index contributed by atoms with van der Waals surface area (Å²) in [6, 6.07) is 9.02. The Morgan fingerprint density at radius 1 is 1.17 bits per heavy atom. The summed E-state index contributed by atoms with van der Waals surface area (Å²) in [5.41, 5.74) is 0.640. The Labute approximate surface area is 181 Å². The molecule has 30 heavy (non-hydrogen) atoms. The Morgan fingerprint density at radius 3 is 2.47 bits per heavy atom. The van der Waals surface area contributed by atoms with E-state index in [1.54, 1.807) is 38.2 Å². The van der Waals surface area contributed by atoms with Gasteiger partial charge in [-0.3, -0.25) is 4.79 Å². The number of nitrogens with two attached hydrogens (primary N) is 1. The fraction of sp³-hybridized carbons (Fsp3) is 0.421. The van der Waals surface area contributed by atoms with E-state index in [1.807, 2.05) is 0 Å². The van der Waals surface area contributed by atoms with Gasteiger partial charge >= 0.3 is 0 Å². The van der Waals surface area contributed by atoms with Gasteiger partial charge in [-0.1, -0.05) is 12.1 Å². The highest BCUT2D eigenvalue weighted by molar-refractivity contribution is 7.91. The van der Waals surface area contributed by atoms with Crippen LogP contribution in [0, 0.1) is 0 Å². The molecule has 1 saturated heterocycles. The predicted molar refractivity (Wildman–Crippen MR) is 115 cm³/mol. The maximum Gasteiger partial charge on any atom is 0.252 e. The molecule has 3 rings (SSSR count). The van der Waals surface area contributed by atoms with E-state index in [2.05, 4.69) is 0 Å². The van der Waals surface area contributed by atoms with Crippen molar-refractivity contribution >= 4 is 37.3 Å². The molecule has 1 amide bonds. The second-order valence-electron chi connectivity index (χ2n) is 7.31. The van der Waals surface area contributed by atoms with Gasteiger partial charge in [-0.2, -0.15) is 4.31 Å². The molecule has 0 spiro atoms. The highest BCUT2D eigenvalue weighted by Gasteiger charge is 2.29. The van der Waals surface area contributed by atoms with Crippen LogP contribution in [0.15, 0.2) is 45.5 Å². The Bertz CT molecular complexity index is 1140. The van der Waals surface area contributed by atoms with Gasteiger partial charge in [0.25, 0.3) is 10.0 Å². The van der Waals surface area contributed by atoms with Gasteiger partial charge in [-0.15, -0.1) is 11.3 Å². The van der Waals surface area contributed by atoms with Crippen molar-refractivity contribution in [2.24, 2.45) is 5.14 Å². The van der Waals surface area contributed by atoms with Crippen LogP contribution in [-0.2, 0) is 31.3 Å². The Kier molecular flexibility index (Phi) is 6.68. The molecule has 0 radical (unpaired) electrons. The second-order valence-corrected chi connectivity index (χ2v) is 12.2. The number of thiophene rings is 1. The van der Waals surface area contributed by atoms with E-state index in [0.29, 0.717) is 23.5 Å². The van der Waals surface area contributed by atoms with Gasteiger partial charge in [0.05, 0.1) is 17.4 Å². The number of amides is 1. The Balaban J connectivity index is 1.71. The zero-order valence-electron chi connectivity index (χ0n) is 16.8. The van der Waals surface area contributed by atoms with E-state index >= 15 is 0 Å². The number of nitrogens with zero attached hydrogens (tertiary/aromatic N) is 2. The van der Waals surface area contributed by atoms with E-state index in [4.69, 9.17) is 5.14 Å². The van der Waals surface area contributed by atoms with Crippen molar-refractivity contribution < 1.29 is 21.6 Å². The molecule has 2 N–H and O–H groups in total. The molecule has 8 nitrogen and oxygen atoms in total. The minimum atomic E-state index is -3.83. The third kappa shape index (κ3) is 4.92. The van der Waals surface area contributed by atoms with Crippen molar-refractivity contribution in [3.63, 3.8) is 0 Å². The summed E-state index contributed by atoms with van der Waals surface area (Å²) in [6.45, 7) is 2.86. The normalized spacial score (nSPS) is 16.5. The van der Waals surface area contributed by atoms with Gasteiger partial charge in [0.2, 0.25) is 15.9 Å². The van der Waals surface area contributed by atoms with Gasteiger partial charge in [0.1, 0.15) is 4.21 Å². The van der Waals surface area contributed by atoms with Crippen LogP contribution < -0.4 is 5.14 Å². The molecule has 1 aromatic heterocycles. The molecule has 1 unspecified atom stereocenters. The summed E-state index contributed by atoms with van der Waals surface area (Å²) in [6.07, 6.45) is 1.80. The lowest BCUT2D eigenvalue weighted by Gasteiger charge is -2.25. The minimum absolute atomic E-state index is 0.0114. The van der Waals surface area contributed by atoms with E-state index in [-0.39, 0.29) is 27.5 Å². The zero-order valence-corrected chi connectivity index (χ0v) is 19.3. The third-order valence-corrected chi connectivity index (χ3v) is 9.63. The van der Waals surface area contributed by atoms with Crippen LogP contribution in [-0.4, -0.2) is 52.1 Å². The van der Waals surface area contributed by atoms with Gasteiger partial charge in [-0.25, -0.2) is 22.0 Å². The first-order valence-corrected chi connectivity index (χ1v) is 13.3. The van der Waals surface area contributed by atoms with Crippen LogP contribution in [0.2, 0.25) is 0 Å². The van der Waals surface area contributed by atoms with Crippen molar-refractivity contribution in [3.05, 3.63) is 46.8 Å². The van der Waals surface area contributed by atoms with E-state index < -0.39 is 20.0 Å². The fourth-order valence-corrected chi connectivity index (χ4v) is 6.90. The maximum absolute atomic E-state index is 12.8. The first-order chi connectivity index (χ1) is 14.0. The van der Waals surface area contributed by atoms with Gasteiger partial charge in [-0.05, 0) is 49.6 Å². The molecule has 0 bridgehead atoms. The number of carbonyl (C=O) groups is 1.